The SMILES string of the molecule is O=C1CCn2nccc2C1. The molecule has 1 aliphatic rings. The van der Waals surface area contributed by atoms with Gasteiger partial charge in [0.15, 0.2) is 0 Å². The molecule has 0 aliphatic carbocycles. The number of aromatic nitrogens is 2. The third-order valence-corrected chi connectivity index (χ3v) is 1.79. The fourth-order valence-electron chi connectivity index (χ4n) is 1.23. The maximum atomic E-state index is 10.9. The van der Waals surface area contributed by atoms with E-state index >= 15 is 0 Å². The Labute approximate surface area is 58.7 Å². The second-order valence-corrected chi connectivity index (χ2v) is 2.51. The molecule has 0 spiro atoms. The topological polar surface area (TPSA) is 34.9 Å². The molecule has 0 bridgehead atoms. The molecule has 0 aromatic carbocycles. The van der Waals surface area contributed by atoms with Crippen LogP contribution in [-0.4, -0.2) is 15.6 Å². The van der Waals surface area contributed by atoms with Gasteiger partial charge in [-0.25, -0.2) is 0 Å². The van der Waals surface area contributed by atoms with Crippen molar-refractivity contribution in [1.82, 2.24) is 9.78 Å². The summed E-state index contributed by atoms with van der Waals surface area (Å²) >= 11 is 0. The molecule has 1 aromatic rings. The normalized spacial score (nSPS) is 17.0. The minimum atomic E-state index is 0.327. The molecule has 0 N–H and O–H groups in total. The average molecular weight is 136 g/mol. The molecular formula is C7H8N2O. The van der Waals surface area contributed by atoms with Gasteiger partial charge in [-0.15, -0.1) is 0 Å². The van der Waals surface area contributed by atoms with Gasteiger partial charge in [0.25, 0.3) is 0 Å². The van der Waals surface area contributed by atoms with E-state index in [1.807, 2.05) is 10.7 Å². The first-order valence-electron chi connectivity index (χ1n) is 3.38. The number of fused-ring (bicyclic) bond motifs is 1. The van der Waals surface area contributed by atoms with E-state index in [0.717, 1.165) is 12.2 Å². The molecule has 0 unspecified atom stereocenters. The van der Waals surface area contributed by atoms with E-state index in [-0.39, 0.29) is 0 Å². The van der Waals surface area contributed by atoms with Crippen molar-refractivity contribution in [1.29, 1.82) is 0 Å². The third-order valence-electron chi connectivity index (χ3n) is 1.79. The number of carbonyl (C=O) groups excluding carboxylic acids is 1. The van der Waals surface area contributed by atoms with Crippen LogP contribution in [0.4, 0.5) is 0 Å². The Hall–Kier alpha value is -1.12. The zero-order valence-corrected chi connectivity index (χ0v) is 5.58. The number of ketones is 1. The highest BCUT2D eigenvalue weighted by Crippen LogP contribution is 2.09. The van der Waals surface area contributed by atoms with Crippen molar-refractivity contribution in [2.24, 2.45) is 0 Å². The summed E-state index contributed by atoms with van der Waals surface area (Å²) in [5.74, 6) is 0.327. The van der Waals surface area contributed by atoms with Gasteiger partial charge in [-0.3, -0.25) is 9.48 Å². The van der Waals surface area contributed by atoms with Crippen molar-refractivity contribution in [3.05, 3.63) is 18.0 Å². The van der Waals surface area contributed by atoms with Gasteiger partial charge in [0.2, 0.25) is 0 Å². The summed E-state index contributed by atoms with van der Waals surface area (Å²) < 4.78 is 1.89. The summed E-state index contributed by atoms with van der Waals surface area (Å²) in [4.78, 5) is 10.9. The van der Waals surface area contributed by atoms with Crippen molar-refractivity contribution in [3.63, 3.8) is 0 Å². The Morgan fingerprint density at radius 2 is 2.50 bits per heavy atom. The average Bonchev–Trinajstić information content (AvgIpc) is 2.33. The predicted molar refractivity (Wildman–Crippen MR) is 35.6 cm³/mol. The molecule has 0 amide bonds. The molecule has 2 heterocycles. The Kier molecular flexibility index (Phi) is 1.09. The lowest BCUT2D eigenvalue weighted by Gasteiger charge is -2.11. The van der Waals surface area contributed by atoms with Crippen LogP contribution in [0.2, 0.25) is 0 Å². The predicted octanol–water partition coefficient (Wildman–Crippen LogP) is 0.398. The van der Waals surface area contributed by atoms with Crippen LogP contribution in [0.25, 0.3) is 0 Å². The van der Waals surface area contributed by atoms with Crippen molar-refractivity contribution in [2.75, 3.05) is 0 Å². The summed E-state index contributed by atoms with van der Waals surface area (Å²) in [7, 11) is 0. The van der Waals surface area contributed by atoms with Gasteiger partial charge in [-0.1, -0.05) is 0 Å². The van der Waals surface area contributed by atoms with Crippen LogP contribution in [0.1, 0.15) is 12.1 Å². The smallest absolute Gasteiger partial charge is 0.140 e. The second-order valence-electron chi connectivity index (χ2n) is 2.51. The molecule has 3 heteroatoms. The zero-order valence-electron chi connectivity index (χ0n) is 5.58. The van der Waals surface area contributed by atoms with Gasteiger partial charge >= 0.3 is 0 Å². The number of hydrogen-bond acceptors (Lipinski definition) is 2. The highest BCUT2D eigenvalue weighted by atomic mass is 16.1. The van der Waals surface area contributed by atoms with Gasteiger partial charge in [-0.2, -0.15) is 5.10 Å². The monoisotopic (exact) mass is 136 g/mol. The molecule has 1 aromatic heterocycles. The Morgan fingerprint density at radius 1 is 1.60 bits per heavy atom. The first-order valence-corrected chi connectivity index (χ1v) is 3.38. The van der Waals surface area contributed by atoms with E-state index in [4.69, 9.17) is 0 Å². The fraction of sp³-hybridized carbons (Fsp3) is 0.429. The van der Waals surface area contributed by atoms with Gasteiger partial charge in [0, 0.05) is 31.3 Å². The van der Waals surface area contributed by atoms with Crippen LogP contribution >= 0.6 is 0 Å². The number of aryl methyl sites for hydroxylation is 1. The van der Waals surface area contributed by atoms with Crippen LogP contribution in [0.3, 0.4) is 0 Å². The molecule has 0 fully saturated rings. The molecule has 1 aliphatic heterocycles. The fourth-order valence-corrected chi connectivity index (χ4v) is 1.23. The van der Waals surface area contributed by atoms with Crippen LogP contribution < -0.4 is 0 Å². The second kappa shape index (κ2) is 1.94. The third kappa shape index (κ3) is 0.744. The zero-order chi connectivity index (χ0) is 6.97. The summed E-state index contributed by atoms with van der Waals surface area (Å²) in [6.07, 6.45) is 2.96. The van der Waals surface area contributed by atoms with Gasteiger partial charge < -0.3 is 0 Å². The maximum absolute atomic E-state index is 10.9. The van der Waals surface area contributed by atoms with E-state index in [1.165, 1.54) is 0 Å². The largest absolute Gasteiger partial charge is 0.299 e. The lowest BCUT2D eigenvalue weighted by molar-refractivity contribution is -0.119. The summed E-state index contributed by atoms with van der Waals surface area (Å²) in [6, 6.07) is 1.90. The van der Waals surface area contributed by atoms with E-state index in [0.29, 0.717) is 18.6 Å². The molecule has 0 atom stereocenters. The standard InChI is InChI=1S/C7H8N2O/c10-7-2-4-9-6(5-7)1-3-8-9/h1,3H,2,4-5H2. The van der Waals surface area contributed by atoms with Crippen LogP contribution in [0, 0.1) is 0 Å². The lowest BCUT2D eigenvalue weighted by Crippen LogP contribution is -2.18. The number of carbonyl (C=O) groups is 1. The summed E-state index contributed by atoms with van der Waals surface area (Å²) in [5, 5.41) is 4.06. The molecule has 10 heavy (non-hydrogen) atoms. The Morgan fingerprint density at radius 3 is 3.40 bits per heavy atom. The van der Waals surface area contributed by atoms with E-state index in [2.05, 4.69) is 5.10 Å². The number of nitrogens with zero attached hydrogens (tertiary/aromatic N) is 2. The van der Waals surface area contributed by atoms with Crippen LogP contribution in [-0.2, 0) is 17.8 Å². The molecule has 0 saturated heterocycles. The number of Topliss-reactive ketones (excluding diaryl/α,β-unsaturated/α-hetero) is 1. The molecular weight excluding hydrogens is 128 g/mol. The molecule has 2 rings (SSSR count). The van der Waals surface area contributed by atoms with Crippen LogP contribution in [0.15, 0.2) is 12.3 Å². The molecule has 52 valence electrons. The molecule has 0 saturated carbocycles. The van der Waals surface area contributed by atoms with Crippen LogP contribution in [0.5, 0.6) is 0 Å². The summed E-state index contributed by atoms with van der Waals surface area (Å²) in [6.45, 7) is 0.765. The van der Waals surface area contributed by atoms with Gasteiger partial charge in [0.05, 0.1) is 0 Å². The highest BCUT2D eigenvalue weighted by molar-refractivity contribution is 5.81. The van der Waals surface area contributed by atoms with Gasteiger partial charge in [0.1, 0.15) is 5.78 Å². The first kappa shape index (κ1) is 5.65. The minimum absolute atomic E-state index is 0.327. The highest BCUT2D eigenvalue weighted by Gasteiger charge is 2.14. The maximum Gasteiger partial charge on any atom is 0.140 e. The van der Waals surface area contributed by atoms with E-state index < -0.39 is 0 Å². The van der Waals surface area contributed by atoms with Crippen molar-refractivity contribution < 1.29 is 4.79 Å². The summed E-state index contributed by atoms with van der Waals surface area (Å²) in [5.41, 5.74) is 1.05. The Balaban J connectivity index is 2.39. The van der Waals surface area contributed by atoms with Crippen molar-refractivity contribution in [2.45, 2.75) is 19.4 Å². The molecule has 3 nitrogen and oxygen atoms in total. The number of hydrogen-bond donors (Lipinski definition) is 0. The van der Waals surface area contributed by atoms with E-state index in [1.54, 1.807) is 6.20 Å². The van der Waals surface area contributed by atoms with Crippen molar-refractivity contribution >= 4 is 5.78 Å². The van der Waals surface area contributed by atoms with E-state index in [9.17, 15) is 4.79 Å². The lowest BCUT2D eigenvalue weighted by atomic mass is 10.1. The quantitative estimate of drug-likeness (QED) is 0.517. The number of rotatable bonds is 0. The molecule has 0 radical (unpaired) electrons. The van der Waals surface area contributed by atoms with Gasteiger partial charge in [-0.05, 0) is 6.07 Å². The van der Waals surface area contributed by atoms with Crippen molar-refractivity contribution in [3.8, 4) is 0 Å². The Bertz CT molecular complexity index is 264. The first-order chi connectivity index (χ1) is 4.86. The minimum Gasteiger partial charge on any atom is -0.299 e.